The van der Waals surface area contributed by atoms with E-state index in [1.165, 1.54) is 7.11 Å². The topological polar surface area (TPSA) is 45.9 Å². The average Bonchev–Trinajstić information content (AvgIpc) is 2.04. The zero-order chi connectivity index (χ0) is 8.27. The summed E-state index contributed by atoms with van der Waals surface area (Å²) in [7, 11) is 3.42. The maximum absolute atomic E-state index is 8.55. The van der Waals surface area contributed by atoms with Crippen molar-refractivity contribution in [3.63, 3.8) is 0 Å². The SMILES string of the molecule is Bc1cnc(C#N)c(OC)c1. The minimum Gasteiger partial charge on any atom is -0.494 e. The minimum atomic E-state index is 0.332. The smallest absolute Gasteiger partial charge is 0.182 e. The van der Waals surface area contributed by atoms with Gasteiger partial charge in [-0.1, -0.05) is 5.46 Å². The molecule has 0 bridgehead atoms. The molecule has 1 heterocycles. The standard InChI is InChI=1S/C7H7BN2O/c1-11-7-2-5(8)4-10-6(7)3-9/h2,4H,8H2,1H3. The van der Waals surface area contributed by atoms with Crippen molar-refractivity contribution >= 4 is 13.3 Å². The van der Waals surface area contributed by atoms with Gasteiger partial charge in [-0.25, -0.2) is 4.98 Å². The zero-order valence-corrected chi connectivity index (χ0v) is 6.46. The van der Waals surface area contributed by atoms with Crippen molar-refractivity contribution in [2.45, 2.75) is 0 Å². The molecule has 0 atom stereocenters. The quantitative estimate of drug-likeness (QED) is 0.488. The van der Waals surface area contributed by atoms with Crippen molar-refractivity contribution in [1.82, 2.24) is 4.98 Å². The van der Waals surface area contributed by atoms with Gasteiger partial charge < -0.3 is 4.74 Å². The number of nitriles is 1. The number of aromatic nitrogens is 1. The summed E-state index contributed by atoms with van der Waals surface area (Å²) in [6, 6.07) is 3.72. The fraction of sp³-hybridized carbons (Fsp3) is 0.143. The van der Waals surface area contributed by atoms with E-state index in [2.05, 4.69) is 4.98 Å². The van der Waals surface area contributed by atoms with Gasteiger partial charge in [-0.15, -0.1) is 0 Å². The van der Waals surface area contributed by atoms with Crippen LogP contribution in [0.5, 0.6) is 5.75 Å². The third-order valence-corrected chi connectivity index (χ3v) is 1.32. The lowest BCUT2D eigenvalue weighted by Crippen LogP contribution is -2.05. The summed E-state index contributed by atoms with van der Waals surface area (Å²) in [5.74, 6) is 0.535. The van der Waals surface area contributed by atoms with Crippen LogP contribution in [-0.2, 0) is 0 Å². The third-order valence-electron chi connectivity index (χ3n) is 1.32. The fourth-order valence-corrected chi connectivity index (χ4v) is 0.782. The van der Waals surface area contributed by atoms with Crippen LogP contribution in [-0.4, -0.2) is 19.9 Å². The normalized spacial score (nSPS) is 8.73. The first-order chi connectivity index (χ1) is 5.27. The molecule has 11 heavy (non-hydrogen) atoms. The molecule has 1 aromatic rings. The molecule has 0 saturated carbocycles. The van der Waals surface area contributed by atoms with Crippen LogP contribution in [0.4, 0.5) is 0 Å². The molecule has 54 valence electrons. The largest absolute Gasteiger partial charge is 0.494 e. The van der Waals surface area contributed by atoms with Gasteiger partial charge in [0.05, 0.1) is 7.11 Å². The number of hydrogen-bond donors (Lipinski definition) is 0. The van der Waals surface area contributed by atoms with Crippen molar-refractivity contribution in [2.75, 3.05) is 7.11 Å². The highest BCUT2D eigenvalue weighted by Gasteiger charge is 2.01. The third kappa shape index (κ3) is 1.50. The van der Waals surface area contributed by atoms with Crippen molar-refractivity contribution < 1.29 is 4.74 Å². The molecule has 0 unspecified atom stereocenters. The highest BCUT2D eigenvalue weighted by molar-refractivity contribution is 6.32. The van der Waals surface area contributed by atoms with E-state index in [-0.39, 0.29) is 0 Å². The number of pyridine rings is 1. The summed E-state index contributed by atoms with van der Waals surface area (Å²) in [5, 5.41) is 8.55. The Kier molecular flexibility index (Phi) is 2.12. The van der Waals surface area contributed by atoms with Crippen molar-refractivity contribution in [3.05, 3.63) is 18.0 Å². The van der Waals surface area contributed by atoms with E-state index in [1.807, 2.05) is 13.9 Å². The first-order valence-corrected chi connectivity index (χ1v) is 3.18. The first kappa shape index (κ1) is 7.61. The number of ether oxygens (including phenoxy) is 1. The molecule has 4 heteroatoms. The van der Waals surface area contributed by atoms with Gasteiger partial charge in [-0.3, -0.25) is 0 Å². The van der Waals surface area contributed by atoms with E-state index in [0.29, 0.717) is 11.4 Å². The molecule has 0 fully saturated rings. The number of hydrogen-bond acceptors (Lipinski definition) is 3. The molecular weight excluding hydrogens is 139 g/mol. The van der Waals surface area contributed by atoms with E-state index >= 15 is 0 Å². The van der Waals surface area contributed by atoms with Crippen molar-refractivity contribution in [1.29, 1.82) is 5.26 Å². The average molecular weight is 146 g/mol. The molecule has 0 spiro atoms. The highest BCUT2D eigenvalue weighted by atomic mass is 16.5. The van der Waals surface area contributed by atoms with Gasteiger partial charge in [0.1, 0.15) is 13.9 Å². The number of nitrogens with zero attached hydrogens (tertiary/aromatic N) is 2. The Hall–Kier alpha value is -1.50. The fourth-order valence-electron chi connectivity index (χ4n) is 0.782. The van der Waals surface area contributed by atoms with Gasteiger partial charge in [0.2, 0.25) is 0 Å². The summed E-state index contributed by atoms with van der Waals surface area (Å²) >= 11 is 0. The number of methoxy groups -OCH3 is 1. The summed E-state index contributed by atoms with van der Waals surface area (Å²) < 4.78 is 4.93. The van der Waals surface area contributed by atoms with Crippen LogP contribution in [0, 0.1) is 11.3 Å². The molecule has 1 rings (SSSR count). The van der Waals surface area contributed by atoms with Crippen LogP contribution in [0.15, 0.2) is 12.3 Å². The lowest BCUT2D eigenvalue weighted by atomic mass is 9.98. The summed E-state index contributed by atoms with van der Waals surface area (Å²) in [5.41, 5.74) is 1.32. The molecule has 0 N–H and O–H groups in total. The molecule has 0 amide bonds. The molecule has 3 nitrogen and oxygen atoms in total. The van der Waals surface area contributed by atoms with Gasteiger partial charge >= 0.3 is 0 Å². The van der Waals surface area contributed by atoms with Crippen LogP contribution in [0.2, 0.25) is 0 Å². The van der Waals surface area contributed by atoms with E-state index in [9.17, 15) is 0 Å². The molecule has 0 aliphatic carbocycles. The van der Waals surface area contributed by atoms with Crippen LogP contribution in [0.25, 0.3) is 0 Å². The Morgan fingerprint density at radius 2 is 2.45 bits per heavy atom. The molecule has 1 aromatic heterocycles. The van der Waals surface area contributed by atoms with E-state index in [4.69, 9.17) is 10.00 Å². The number of rotatable bonds is 1. The Labute approximate surface area is 66.0 Å². The highest BCUT2D eigenvalue weighted by Crippen LogP contribution is 2.10. The maximum atomic E-state index is 8.55. The van der Waals surface area contributed by atoms with Gasteiger partial charge in [-0.05, 0) is 6.07 Å². The predicted molar refractivity (Wildman–Crippen MR) is 43.7 cm³/mol. The van der Waals surface area contributed by atoms with E-state index in [0.717, 1.165) is 5.46 Å². The lowest BCUT2D eigenvalue weighted by Gasteiger charge is -2.00. The molecule has 0 saturated heterocycles. The summed E-state index contributed by atoms with van der Waals surface area (Å²) in [6.45, 7) is 0. The van der Waals surface area contributed by atoms with E-state index < -0.39 is 0 Å². The van der Waals surface area contributed by atoms with Gasteiger partial charge in [0, 0.05) is 6.20 Å². The molecule has 0 aromatic carbocycles. The van der Waals surface area contributed by atoms with Gasteiger partial charge in [0.15, 0.2) is 11.4 Å². The van der Waals surface area contributed by atoms with Crippen LogP contribution < -0.4 is 10.2 Å². The Balaban J connectivity index is 3.19. The summed E-state index contributed by atoms with van der Waals surface area (Å²) in [6.07, 6.45) is 1.64. The second-order valence-corrected chi connectivity index (χ2v) is 2.18. The molecular formula is C7H7BN2O. The van der Waals surface area contributed by atoms with Crippen LogP contribution in [0.1, 0.15) is 5.69 Å². The first-order valence-electron chi connectivity index (χ1n) is 3.18. The molecule has 0 aliphatic heterocycles. The maximum Gasteiger partial charge on any atom is 0.182 e. The predicted octanol–water partition coefficient (Wildman–Crippen LogP) is -0.780. The second-order valence-electron chi connectivity index (χ2n) is 2.18. The van der Waals surface area contributed by atoms with Crippen LogP contribution in [0.3, 0.4) is 0 Å². The zero-order valence-electron chi connectivity index (χ0n) is 6.46. The van der Waals surface area contributed by atoms with Gasteiger partial charge in [-0.2, -0.15) is 5.26 Å². The van der Waals surface area contributed by atoms with Crippen molar-refractivity contribution in [3.8, 4) is 11.8 Å². The van der Waals surface area contributed by atoms with Crippen molar-refractivity contribution in [2.24, 2.45) is 0 Å². The Morgan fingerprint density at radius 1 is 1.73 bits per heavy atom. The molecule has 0 radical (unpaired) electrons. The van der Waals surface area contributed by atoms with Crippen LogP contribution >= 0.6 is 0 Å². The monoisotopic (exact) mass is 146 g/mol. The Bertz CT molecular complexity index is 306. The van der Waals surface area contributed by atoms with Gasteiger partial charge in [0.25, 0.3) is 0 Å². The minimum absolute atomic E-state index is 0.332. The summed E-state index contributed by atoms with van der Waals surface area (Å²) in [4.78, 5) is 3.88. The lowest BCUT2D eigenvalue weighted by molar-refractivity contribution is 0.412. The Morgan fingerprint density at radius 3 is 3.00 bits per heavy atom. The second kappa shape index (κ2) is 3.06. The molecule has 0 aliphatic rings. The van der Waals surface area contributed by atoms with E-state index in [1.54, 1.807) is 12.3 Å².